The van der Waals surface area contributed by atoms with Crippen LogP contribution in [0.2, 0.25) is 0 Å². The van der Waals surface area contributed by atoms with E-state index in [2.05, 4.69) is 117 Å². The normalized spacial score (nSPS) is 10.9. The molecule has 0 radical (unpaired) electrons. The maximum atomic E-state index is 10.6. The Morgan fingerprint density at radius 2 is 1.11 bits per heavy atom. The number of ether oxygens (including phenoxy) is 1. The first-order valence-corrected chi connectivity index (χ1v) is 26.8. The summed E-state index contributed by atoms with van der Waals surface area (Å²) in [5.74, 6) is 0.488. The van der Waals surface area contributed by atoms with Crippen molar-refractivity contribution in [3.8, 4) is 6.07 Å². The highest BCUT2D eigenvalue weighted by Crippen LogP contribution is 2.17. The lowest BCUT2D eigenvalue weighted by atomic mass is 9.94. The molecule has 0 saturated heterocycles. The number of aryl methyl sites for hydroxylation is 2. The maximum absolute atomic E-state index is 10.6. The summed E-state index contributed by atoms with van der Waals surface area (Å²) in [5.41, 5.74) is 4.05. The van der Waals surface area contributed by atoms with Crippen molar-refractivity contribution in [2.45, 2.75) is 146 Å². The molecule has 0 spiro atoms. The number of likely N-dealkylation sites (N-methyl/N-ethyl adjacent to an activating group) is 1. The van der Waals surface area contributed by atoms with Gasteiger partial charge in [-0.15, -0.1) is 0 Å². The number of carbonyl (C=O) groups excluding carboxylic acids is 3. The second-order valence-electron chi connectivity index (χ2n) is 17.5. The minimum absolute atomic E-state index is 0.0319. The Morgan fingerprint density at radius 1 is 0.635 bits per heavy atom. The fourth-order valence-corrected chi connectivity index (χ4v) is 4.14. The number of hydrogen-bond acceptors (Lipinski definition) is 15. The van der Waals surface area contributed by atoms with E-state index in [0.717, 1.165) is 61.1 Å². The standard InChI is InChI=1S/2C9H11NO.C5H11N.2C5H13N.C4H9NO2.C4H9N.2C4H11N.C3H6N2.C3H9N.C2H7N/c1-7-3-5-9(6-4-7)10-8(2)11;1-7-4-3-5-9(6-7)10-8(2)11;1-6-5-3-2-4-5;1-5(2)4-6-3;1-3-4-5-6-2;1-5-3-4(6)7-2;1-5-4-2-3-4;1-4(2)5-3;1-3-4-5-2;1-5-3-2-4;1-3-4-2;1-3-2/h2*3-6H,1-2H3,(H,10,11);5-6H,2-4H2,1H3;5-6H,4H2,1-3H3;6H,3-5H2,1-2H3;5H,3H2,1-2H3;4-5H,2-3H2,1H3;4-5H,1-3H3;5H,3-4H2,1-2H3;5H,3H2,1H3;4H,3H2,1-2H3;3H,1-2H3. The predicted octanol–water partition coefficient (Wildman–Crippen LogP) is 7.30. The van der Waals surface area contributed by atoms with Crippen molar-refractivity contribution in [2.24, 2.45) is 5.92 Å². The van der Waals surface area contributed by atoms with Gasteiger partial charge < -0.3 is 68.5 Å². The van der Waals surface area contributed by atoms with Gasteiger partial charge in [0.1, 0.15) is 0 Å². The Morgan fingerprint density at radius 3 is 1.28 bits per heavy atom. The van der Waals surface area contributed by atoms with E-state index in [1.165, 1.54) is 77.9 Å². The summed E-state index contributed by atoms with van der Waals surface area (Å²) < 4.78 is 4.29. The second-order valence-corrected chi connectivity index (χ2v) is 17.5. The number of benzene rings is 2. The van der Waals surface area contributed by atoms with Crippen molar-refractivity contribution in [3.05, 3.63) is 59.7 Å². The molecule has 2 fully saturated rings. The second kappa shape index (κ2) is 75.5. The van der Waals surface area contributed by atoms with E-state index in [-0.39, 0.29) is 24.3 Å². The van der Waals surface area contributed by atoms with Crippen LogP contribution in [0.3, 0.4) is 0 Å². The van der Waals surface area contributed by atoms with Gasteiger partial charge in [-0.1, -0.05) is 91.1 Å². The summed E-state index contributed by atoms with van der Waals surface area (Å²) in [7, 11) is 22.4. The number of hydrogen-bond donors (Lipinski definition) is 12. The van der Waals surface area contributed by atoms with E-state index in [1.54, 1.807) is 14.1 Å². The lowest BCUT2D eigenvalue weighted by molar-refractivity contribution is -0.139. The molecule has 0 aliphatic heterocycles. The van der Waals surface area contributed by atoms with E-state index in [9.17, 15) is 14.4 Å². The third-order valence-corrected chi connectivity index (χ3v) is 8.84. The van der Waals surface area contributed by atoms with Crippen molar-refractivity contribution < 1.29 is 19.1 Å². The minimum Gasteiger partial charge on any atom is -0.468 e. The number of nitrogens with one attached hydrogen (secondary N) is 12. The maximum Gasteiger partial charge on any atom is 0.319 e. The summed E-state index contributed by atoms with van der Waals surface area (Å²) in [5, 5.41) is 42.7. The highest BCUT2D eigenvalue weighted by Gasteiger charge is 2.17. The molecule has 0 atom stereocenters. The number of amides is 2. The smallest absolute Gasteiger partial charge is 0.319 e. The number of nitrogens with zero attached hydrogens (tertiary/aromatic N) is 1. The molecule has 0 bridgehead atoms. The largest absolute Gasteiger partial charge is 0.468 e. The Balaban J connectivity index is -0.000000109. The van der Waals surface area contributed by atoms with Gasteiger partial charge >= 0.3 is 5.97 Å². The molecule has 4 rings (SSSR count). The van der Waals surface area contributed by atoms with Crippen LogP contribution in [0.25, 0.3) is 0 Å². The summed E-state index contributed by atoms with van der Waals surface area (Å²) in [6.45, 7) is 27.2. The molecule has 0 aromatic heterocycles. The monoisotopic (exact) mass is 1050 g/mol. The molecule has 2 saturated carbocycles. The van der Waals surface area contributed by atoms with Gasteiger partial charge in [-0.2, -0.15) is 5.26 Å². The quantitative estimate of drug-likeness (QED) is 0.0450. The van der Waals surface area contributed by atoms with Crippen molar-refractivity contribution in [3.63, 3.8) is 0 Å². The van der Waals surface area contributed by atoms with E-state index in [0.29, 0.717) is 12.6 Å². The number of esters is 1. The zero-order chi connectivity index (χ0) is 58.8. The van der Waals surface area contributed by atoms with Gasteiger partial charge in [-0.05, 0) is 192 Å². The highest BCUT2D eigenvalue weighted by molar-refractivity contribution is 5.89. The van der Waals surface area contributed by atoms with Crippen LogP contribution >= 0.6 is 0 Å². The van der Waals surface area contributed by atoms with Crippen LogP contribution in [0.1, 0.15) is 125 Å². The van der Waals surface area contributed by atoms with Crippen LogP contribution < -0.4 is 63.8 Å². The molecule has 438 valence electrons. The van der Waals surface area contributed by atoms with Crippen molar-refractivity contribution >= 4 is 29.2 Å². The van der Waals surface area contributed by atoms with Crippen LogP contribution in [0.4, 0.5) is 11.4 Å². The Kier molecular flexibility index (Phi) is 88.3. The van der Waals surface area contributed by atoms with Crippen LogP contribution in [-0.2, 0) is 19.1 Å². The molecule has 2 amide bonds. The average molecular weight is 1050 g/mol. The van der Waals surface area contributed by atoms with Crippen LogP contribution in [0, 0.1) is 31.1 Å². The number of carbonyl (C=O) groups is 3. The summed E-state index contributed by atoms with van der Waals surface area (Å²) in [4.78, 5) is 31.3. The molecule has 0 unspecified atom stereocenters. The van der Waals surface area contributed by atoms with Crippen molar-refractivity contribution in [1.82, 2.24) is 53.2 Å². The molecule has 12 N–H and O–H groups in total. The van der Waals surface area contributed by atoms with Crippen LogP contribution in [0.5, 0.6) is 0 Å². The molecule has 2 aliphatic carbocycles. The van der Waals surface area contributed by atoms with Gasteiger partial charge in [0.15, 0.2) is 0 Å². The topological polar surface area (TPSA) is 229 Å². The van der Waals surface area contributed by atoms with Gasteiger partial charge in [0, 0.05) is 43.3 Å². The summed E-state index contributed by atoms with van der Waals surface area (Å²) in [6.07, 6.45) is 10.9. The third kappa shape index (κ3) is 101. The Hall–Kier alpha value is -4.06. The van der Waals surface area contributed by atoms with Gasteiger partial charge in [0.05, 0.1) is 26.3 Å². The van der Waals surface area contributed by atoms with Gasteiger partial charge in [-0.25, -0.2) is 0 Å². The number of unbranched alkanes of at least 4 members (excludes halogenated alkanes) is 1. The predicted molar refractivity (Wildman–Crippen MR) is 326 cm³/mol. The minimum atomic E-state index is -0.234. The van der Waals surface area contributed by atoms with Crippen LogP contribution in [-0.4, -0.2) is 160 Å². The molecule has 74 heavy (non-hydrogen) atoms. The lowest BCUT2D eigenvalue weighted by Crippen LogP contribution is -2.31. The summed E-state index contributed by atoms with van der Waals surface area (Å²) in [6, 6.07) is 19.7. The molecular formula is C57H121N13O4. The van der Waals surface area contributed by atoms with Gasteiger partial charge in [0.25, 0.3) is 0 Å². The lowest BCUT2D eigenvalue weighted by Gasteiger charge is -2.23. The van der Waals surface area contributed by atoms with Crippen LogP contribution in [0.15, 0.2) is 48.5 Å². The first-order valence-electron chi connectivity index (χ1n) is 26.8. The SMILES string of the molecule is CC(=O)Nc1ccc(C)cc1.CC(=O)Nc1cccc(C)c1.CCCCNC.CCCNC.CCNC.CNC.CNC(C)C.CNC1CC1.CNC1CCC1.CNCC#N.CNCC(=O)OC.CNCC(C)C. The molecule has 2 aromatic rings. The Bertz CT molecular complexity index is 1410. The zero-order valence-electron chi connectivity index (χ0n) is 51.9. The van der Waals surface area contributed by atoms with E-state index in [4.69, 9.17) is 5.26 Å². The first kappa shape index (κ1) is 86.6. The fraction of sp³-hybridized carbons (Fsp3) is 0.719. The van der Waals surface area contributed by atoms with E-state index in [1.807, 2.05) is 132 Å². The Labute approximate surface area is 457 Å². The molecule has 2 aromatic carbocycles. The third-order valence-electron chi connectivity index (χ3n) is 8.84. The number of rotatable bonds is 16. The summed E-state index contributed by atoms with van der Waals surface area (Å²) >= 11 is 0. The molecular weight excluding hydrogens is 931 g/mol. The van der Waals surface area contributed by atoms with Gasteiger partial charge in [-0.3, -0.25) is 14.4 Å². The van der Waals surface area contributed by atoms with Gasteiger partial charge in [0.2, 0.25) is 11.8 Å². The highest BCUT2D eigenvalue weighted by atomic mass is 16.5. The number of anilines is 2. The van der Waals surface area contributed by atoms with Crippen molar-refractivity contribution in [1.29, 1.82) is 5.26 Å². The molecule has 17 heteroatoms. The fourth-order valence-electron chi connectivity index (χ4n) is 4.14. The molecule has 17 nitrogen and oxygen atoms in total. The number of nitriles is 1. The molecule has 2 aliphatic rings. The van der Waals surface area contributed by atoms with Crippen molar-refractivity contribution in [2.75, 3.05) is 135 Å². The van der Waals surface area contributed by atoms with E-state index >= 15 is 0 Å². The average Bonchev–Trinajstić information content (AvgIpc) is 4.19. The first-order chi connectivity index (χ1) is 35.1. The van der Waals surface area contributed by atoms with E-state index < -0.39 is 0 Å². The molecule has 0 heterocycles. The number of methoxy groups -OCH3 is 1. The zero-order valence-corrected chi connectivity index (χ0v) is 51.9.